The first kappa shape index (κ1) is 14.1. The molecule has 0 bridgehead atoms. The zero-order valence-electron chi connectivity index (χ0n) is 8.32. The summed E-state index contributed by atoms with van der Waals surface area (Å²) in [7, 11) is 0. The molecule has 0 heterocycles. The predicted octanol–water partition coefficient (Wildman–Crippen LogP) is 1.99. The third-order valence-corrected chi connectivity index (χ3v) is 2.44. The van der Waals surface area contributed by atoms with E-state index >= 15 is 0 Å². The van der Waals surface area contributed by atoms with Crippen molar-refractivity contribution < 1.29 is 18.3 Å². The van der Waals surface area contributed by atoms with E-state index in [1.807, 2.05) is 13.8 Å². The van der Waals surface area contributed by atoms with E-state index in [-0.39, 0.29) is 36.2 Å². The van der Waals surface area contributed by atoms with Crippen molar-refractivity contribution in [2.24, 2.45) is 0 Å². The molecule has 0 fully saturated rings. The molecule has 0 saturated carbocycles. The van der Waals surface area contributed by atoms with Crippen LogP contribution < -0.4 is 5.32 Å². The quantitative estimate of drug-likeness (QED) is 0.686. The first-order valence-electron chi connectivity index (χ1n) is 4.33. The van der Waals surface area contributed by atoms with Crippen LogP contribution >= 0.6 is 11.8 Å². The van der Waals surface area contributed by atoms with E-state index in [0.29, 0.717) is 6.42 Å². The minimum absolute atomic E-state index is 0.00163. The van der Waals surface area contributed by atoms with Gasteiger partial charge in [0.05, 0.1) is 0 Å². The van der Waals surface area contributed by atoms with E-state index in [2.05, 4.69) is 5.32 Å². The van der Waals surface area contributed by atoms with Crippen molar-refractivity contribution >= 4 is 11.8 Å². The van der Waals surface area contributed by atoms with E-state index in [1.165, 1.54) is 0 Å². The van der Waals surface area contributed by atoms with Gasteiger partial charge < -0.3 is 10.4 Å². The molecule has 14 heavy (non-hydrogen) atoms. The predicted molar refractivity (Wildman–Crippen MR) is 52.3 cm³/mol. The van der Waals surface area contributed by atoms with Crippen LogP contribution in [0.2, 0.25) is 0 Å². The molecule has 0 aliphatic carbocycles. The number of hydrogen-bond donors (Lipinski definition) is 2. The van der Waals surface area contributed by atoms with Crippen LogP contribution in [0, 0.1) is 0 Å². The molecule has 0 aliphatic rings. The summed E-state index contributed by atoms with van der Waals surface area (Å²) in [5.74, 6) is -0.00163. The third-order valence-electron chi connectivity index (χ3n) is 1.71. The molecule has 0 atom stereocenters. The van der Waals surface area contributed by atoms with Crippen molar-refractivity contribution in [3.05, 3.63) is 0 Å². The molecule has 2 nitrogen and oxygen atoms in total. The molecule has 0 aromatic rings. The highest BCUT2D eigenvalue weighted by molar-refractivity contribution is 8.00. The molecule has 0 spiro atoms. The molecule has 86 valence electrons. The van der Waals surface area contributed by atoms with Crippen molar-refractivity contribution in [3.8, 4) is 0 Å². The molecule has 0 aromatic carbocycles. The topological polar surface area (TPSA) is 32.3 Å². The van der Waals surface area contributed by atoms with Crippen LogP contribution in [-0.2, 0) is 0 Å². The summed E-state index contributed by atoms with van der Waals surface area (Å²) in [5.41, 5.74) is -4.45. The maximum absolute atomic E-state index is 11.7. The first-order valence-corrected chi connectivity index (χ1v) is 5.32. The Morgan fingerprint density at radius 2 is 1.86 bits per heavy atom. The van der Waals surface area contributed by atoms with Gasteiger partial charge in [-0.1, -0.05) is 0 Å². The zero-order valence-corrected chi connectivity index (χ0v) is 9.13. The van der Waals surface area contributed by atoms with E-state index in [4.69, 9.17) is 5.11 Å². The zero-order chi connectivity index (χ0) is 11.2. The standard InChI is InChI=1S/C8H16F3NOS/c1-7(2,3-5-13)12-4-6-14-8(9,10)11/h12-13H,3-6H2,1-2H3. The molecule has 0 radical (unpaired) electrons. The fraction of sp³-hybridized carbons (Fsp3) is 1.00. The van der Waals surface area contributed by atoms with Gasteiger partial charge in [0.15, 0.2) is 0 Å². The number of rotatable bonds is 6. The minimum atomic E-state index is -4.15. The smallest absolute Gasteiger partial charge is 0.396 e. The first-order chi connectivity index (χ1) is 6.27. The Kier molecular flexibility index (Phi) is 5.85. The van der Waals surface area contributed by atoms with Gasteiger partial charge >= 0.3 is 5.51 Å². The van der Waals surface area contributed by atoms with E-state index in [0.717, 1.165) is 0 Å². The largest absolute Gasteiger partial charge is 0.441 e. The number of halogens is 3. The van der Waals surface area contributed by atoms with Gasteiger partial charge in [0, 0.05) is 24.4 Å². The van der Waals surface area contributed by atoms with Gasteiger partial charge in [0.1, 0.15) is 0 Å². The maximum atomic E-state index is 11.7. The summed E-state index contributed by atoms with van der Waals surface area (Å²) in [4.78, 5) is 0. The molecule has 6 heteroatoms. The van der Waals surface area contributed by atoms with Crippen molar-refractivity contribution in [2.75, 3.05) is 18.9 Å². The molecule has 0 aliphatic heterocycles. The summed E-state index contributed by atoms with van der Waals surface area (Å²) >= 11 is -0.0327. The van der Waals surface area contributed by atoms with Crippen molar-refractivity contribution in [3.63, 3.8) is 0 Å². The molecular formula is C8H16F3NOS. The van der Waals surface area contributed by atoms with Gasteiger partial charge in [-0.15, -0.1) is 0 Å². The summed E-state index contributed by atoms with van der Waals surface area (Å²) in [6, 6.07) is 0. The summed E-state index contributed by atoms with van der Waals surface area (Å²) in [6.07, 6.45) is 0.531. The second-order valence-corrected chi connectivity index (χ2v) is 4.74. The monoisotopic (exact) mass is 231 g/mol. The second kappa shape index (κ2) is 5.82. The minimum Gasteiger partial charge on any atom is -0.396 e. The van der Waals surface area contributed by atoms with Crippen LogP contribution in [0.1, 0.15) is 20.3 Å². The number of aliphatic hydroxyl groups excluding tert-OH is 1. The number of hydrogen-bond acceptors (Lipinski definition) is 3. The molecule has 0 rings (SSSR count). The molecule has 0 amide bonds. The average Bonchev–Trinajstić information content (AvgIpc) is 1.96. The lowest BCUT2D eigenvalue weighted by Gasteiger charge is -2.25. The Labute approximate surface area is 86.3 Å². The Morgan fingerprint density at radius 1 is 1.29 bits per heavy atom. The number of alkyl halides is 3. The Balaban J connectivity index is 3.54. The SMILES string of the molecule is CC(C)(CCO)NCCSC(F)(F)F. The third kappa shape index (κ3) is 8.65. The van der Waals surface area contributed by atoms with Gasteiger partial charge in [-0.25, -0.2) is 0 Å². The second-order valence-electron chi connectivity index (χ2n) is 3.58. The Hall–Kier alpha value is 0.0600. The summed E-state index contributed by atoms with van der Waals surface area (Å²) in [5, 5.41) is 11.6. The lowest BCUT2D eigenvalue weighted by Crippen LogP contribution is -2.41. The van der Waals surface area contributed by atoms with Crippen molar-refractivity contribution in [2.45, 2.75) is 31.3 Å². The fourth-order valence-electron chi connectivity index (χ4n) is 0.924. The van der Waals surface area contributed by atoms with Gasteiger partial charge in [-0.3, -0.25) is 0 Å². The van der Waals surface area contributed by atoms with Gasteiger partial charge in [-0.05, 0) is 32.0 Å². The van der Waals surface area contributed by atoms with Crippen LogP contribution in [0.3, 0.4) is 0 Å². The van der Waals surface area contributed by atoms with Crippen LogP contribution in [0.5, 0.6) is 0 Å². The van der Waals surface area contributed by atoms with Crippen LogP contribution in [-0.4, -0.2) is 35.1 Å². The fourth-order valence-corrected chi connectivity index (χ4v) is 1.36. The summed E-state index contributed by atoms with van der Waals surface area (Å²) in [6.45, 7) is 4.02. The molecule has 0 saturated heterocycles. The van der Waals surface area contributed by atoms with Crippen molar-refractivity contribution in [1.29, 1.82) is 0 Å². The van der Waals surface area contributed by atoms with E-state index < -0.39 is 5.51 Å². The molecule has 2 N–H and O–H groups in total. The number of nitrogens with one attached hydrogen (secondary N) is 1. The van der Waals surface area contributed by atoms with Gasteiger partial charge in [0.2, 0.25) is 0 Å². The number of aliphatic hydroxyl groups is 1. The van der Waals surface area contributed by atoms with Crippen molar-refractivity contribution in [1.82, 2.24) is 5.32 Å². The Bertz CT molecular complexity index is 161. The highest BCUT2D eigenvalue weighted by Crippen LogP contribution is 2.29. The normalized spacial score (nSPS) is 13.3. The highest BCUT2D eigenvalue weighted by atomic mass is 32.2. The summed E-state index contributed by atoms with van der Waals surface area (Å²) < 4.78 is 35.2. The van der Waals surface area contributed by atoms with Gasteiger partial charge in [0.25, 0.3) is 0 Å². The van der Waals surface area contributed by atoms with Crippen LogP contribution in [0.25, 0.3) is 0 Å². The lowest BCUT2D eigenvalue weighted by atomic mass is 10.0. The molecule has 0 aromatic heterocycles. The van der Waals surface area contributed by atoms with Crippen LogP contribution in [0.4, 0.5) is 13.2 Å². The molecule has 0 unspecified atom stereocenters. The molecular weight excluding hydrogens is 215 g/mol. The van der Waals surface area contributed by atoms with E-state index in [9.17, 15) is 13.2 Å². The highest BCUT2D eigenvalue weighted by Gasteiger charge is 2.27. The van der Waals surface area contributed by atoms with E-state index in [1.54, 1.807) is 0 Å². The Morgan fingerprint density at radius 3 is 2.29 bits per heavy atom. The average molecular weight is 231 g/mol. The van der Waals surface area contributed by atoms with Crippen LogP contribution in [0.15, 0.2) is 0 Å². The maximum Gasteiger partial charge on any atom is 0.441 e. The van der Waals surface area contributed by atoms with Gasteiger partial charge in [-0.2, -0.15) is 13.2 Å². The number of thioether (sulfide) groups is 1. The lowest BCUT2D eigenvalue weighted by molar-refractivity contribution is -0.0327.